The lowest BCUT2D eigenvalue weighted by Crippen LogP contribution is -2.43. The molecule has 1 aliphatic carbocycles. The first-order chi connectivity index (χ1) is 17.3. The number of nitrogens with two attached hydrogens (primary N) is 1. The molecule has 10 heteroatoms. The first-order valence-electron chi connectivity index (χ1n) is 12.0. The highest BCUT2D eigenvalue weighted by Gasteiger charge is 2.26. The highest BCUT2D eigenvalue weighted by molar-refractivity contribution is 9.10. The van der Waals surface area contributed by atoms with Gasteiger partial charge in [0, 0.05) is 28.6 Å². The Morgan fingerprint density at radius 3 is 2.42 bits per heavy atom. The lowest BCUT2D eigenvalue weighted by Gasteiger charge is -2.29. The number of benzene rings is 2. The lowest BCUT2D eigenvalue weighted by molar-refractivity contribution is 0.401. The van der Waals surface area contributed by atoms with Gasteiger partial charge in [0.1, 0.15) is 0 Å². The van der Waals surface area contributed by atoms with Crippen LogP contribution in [0.1, 0.15) is 36.8 Å². The van der Waals surface area contributed by atoms with Crippen molar-refractivity contribution in [3.63, 3.8) is 0 Å². The fourth-order valence-corrected chi connectivity index (χ4v) is 5.48. The van der Waals surface area contributed by atoms with Crippen LogP contribution in [0.15, 0.2) is 62.6 Å². The van der Waals surface area contributed by atoms with Crippen molar-refractivity contribution in [2.24, 2.45) is 12.8 Å². The van der Waals surface area contributed by atoms with Gasteiger partial charge >= 0.3 is 5.69 Å². The minimum absolute atomic E-state index is 0.00354. The highest BCUT2D eigenvalue weighted by atomic mass is 79.9. The third-order valence-corrected chi connectivity index (χ3v) is 8.08. The van der Waals surface area contributed by atoms with Gasteiger partial charge in [-0.3, -0.25) is 18.5 Å². The number of halogens is 2. The fourth-order valence-electron chi connectivity index (χ4n) is 4.87. The van der Waals surface area contributed by atoms with Crippen molar-refractivity contribution in [2.45, 2.75) is 50.9 Å². The van der Waals surface area contributed by atoms with Crippen molar-refractivity contribution in [1.29, 1.82) is 0 Å². The molecule has 0 radical (unpaired) electrons. The second-order valence-electron chi connectivity index (χ2n) is 9.31. The summed E-state index contributed by atoms with van der Waals surface area (Å²) in [7, 11) is 1.64. The average molecular weight is 572 g/mol. The Morgan fingerprint density at radius 1 is 1.03 bits per heavy atom. The van der Waals surface area contributed by atoms with Crippen LogP contribution in [-0.4, -0.2) is 30.8 Å². The van der Waals surface area contributed by atoms with Gasteiger partial charge in [-0.05, 0) is 36.1 Å². The van der Waals surface area contributed by atoms with E-state index in [-0.39, 0.29) is 18.6 Å². The van der Waals surface area contributed by atoms with E-state index in [9.17, 15) is 9.59 Å². The molecule has 1 aliphatic rings. The van der Waals surface area contributed by atoms with Crippen LogP contribution in [0.2, 0.25) is 5.02 Å². The van der Waals surface area contributed by atoms with Crippen molar-refractivity contribution in [2.75, 3.05) is 5.32 Å². The first-order valence-corrected chi connectivity index (χ1v) is 13.2. The van der Waals surface area contributed by atoms with Gasteiger partial charge in [0.05, 0.1) is 13.1 Å². The topological polar surface area (TPSA) is 99.9 Å². The molecule has 2 aromatic carbocycles. The van der Waals surface area contributed by atoms with Crippen molar-refractivity contribution >= 4 is 44.6 Å². The first kappa shape index (κ1) is 24.8. The molecular weight excluding hydrogens is 544 g/mol. The molecule has 1 saturated carbocycles. The molecule has 36 heavy (non-hydrogen) atoms. The average Bonchev–Trinajstić information content (AvgIpc) is 3.22. The molecule has 2 heterocycles. The zero-order chi connectivity index (χ0) is 25.4. The van der Waals surface area contributed by atoms with Crippen molar-refractivity contribution in [3.05, 3.63) is 90.0 Å². The van der Waals surface area contributed by atoms with Crippen molar-refractivity contribution in [1.82, 2.24) is 18.7 Å². The molecule has 4 aromatic rings. The molecule has 0 bridgehead atoms. The Bertz CT molecular complexity index is 1540. The monoisotopic (exact) mass is 570 g/mol. The Labute approximate surface area is 221 Å². The molecule has 5 rings (SSSR count). The molecule has 2 atom stereocenters. The number of hydrogen-bond donors (Lipinski definition) is 2. The highest BCUT2D eigenvalue weighted by Crippen LogP contribution is 2.26. The number of rotatable bonds is 6. The molecular formula is C26H28BrClN6O2. The van der Waals surface area contributed by atoms with E-state index >= 15 is 0 Å². The molecule has 0 saturated heterocycles. The molecule has 1 fully saturated rings. The van der Waals surface area contributed by atoms with E-state index in [0.29, 0.717) is 34.2 Å². The van der Waals surface area contributed by atoms with E-state index in [1.165, 1.54) is 9.13 Å². The Morgan fingerprint density at radius 2 is 1.69 bits per heavy atom. The normalized spacial score (nSPS) is 18.0. The molecule has 8 nitrogen and oxygen atoms in total. The van der Waals surface area contributed by atoms with Crippen molar-refractivity contribution in [3.8, 4) is 0 Å². The molecule has 2 aromatic heterocycles. The van der Waals surface area contributed by atoms with Crippen LogP contribution < -0.4 is 22.3 Å². The van der Waals surface area contributed by atoms with Gasteiger partial charge in [-0.25, -0.2) is 4.79 Å². The number of aryl methyl sites for hydroxylation is 1. The van der Waals surface area contributed by atoms with Gasteiger partial charge in [0.2, 0.25) is 5.95 Å². The van der Waals surface area contributed by atoms with E-state index in [4.69, 9.17) is 22.3 Å². The van der Waals surface area contributed by atoms with E-state index in [2.05, 4.69) is 21.2 Å². The van der Waals surface area contributed by atoms with Crippen LogP contribution in [0.25, 0.3) is 11.2 Å². The summed E-state index contributed by atoms with van der Waals surface area (Å²) in [6.45, 7) is 0.458. The summed E-state index contributed by atoms with van der Waals surface area (Å²) in [5.74, 6) is 0.533. The maximum absolute atomic E-state index is 13.9. The minimum atomic E-state index is -0.445. The Kier molecular flexibility index (Phi) is 7.05. The zero-order valence-corrected chi connectivity index (χ0v) is 22.3. The van der Waals surface area contributed by atoms with Gasteiger partial charge in [-0.1, -0.05) is 76.8 Å². The third kappa shape index (κ3) is 4.63. The maximum Gasteiger partial charge on any atom is 0.332 e. The number of fused-ring (bicyclic) bond motifs is 1. The standard InChI is InChI=1S/C26H28BrClN6O2/c1-32-23-22(24(35)34(26(32)36)15-17-9-3-5-11-19(17)28)33(14-16-8-2-4-10-18(16)27)25(31-23)30-21-13-7-6-12-20(21)29/h2-5,8-11,20-21H,6-7,12-15,29H2,1H3,(H,30,31)/t20-,21+/m1/s1. The maximum atomic E-state index is 13.9. The zero-order valence-electron chi connectivity index (χ0n) is 20.0. The van der Waals surface area contributed by atoms with E-state index in [1.54, 1.807) is 13.1 Å². The van der Waals surface area contributed by atoms with Gasteiger partial charge in [0.25, 0.3) is 5.56 Å². The number of anilines is 1. The van der Waals surface area contributed by atoms with Crippen LogP contribution in [0, 0.1) is 0 Å². The van der Waals surface area contributed by atoms with E-state index < -0.39 is 11.2 Å². The smallest absolute Gasteiger partial charge is 0.332 e. The van der Waals surface area contributed by atoms with Crippen LogP contribution in [-0.2, 0) is 20.1 Å². The number of imidazole rings is 1. The SMILES string of the molecule is Cn1c(=O)n(Cc2ccccc2Cl)c(=O)c2c1nc(N[C@H]1CCCC[C@H]1N)n2Cc1ccccc1Br. The third-order valence-electron chi connectivity index (χ3n) is 6.94. The molecule has 0 aliphatic heterocycles. The molecule has 3 N–H and O–H groups in total. The summed E-state index contributed by atoms with van der Waals surface area (Å²) in [4.78, 5) is 31.9. The van der Waals surface area contributed by atoms with E-state index in [0.717, 1.165) is 35.7 Å². The molecule has 188 valence electrons. The fraction of sp³-hybridized carbons (Fsp3) is 0.346. The predicted molar refractivity (Wildman–Crippen MR) is 147 cm³/mol. The summed E-state index contributed by atoms with van der Waals surface area (Å²) >= 11 is 9.97. The minimum Gasteiger partial charge on any atom is -0.351 e. The summed E-state index contributed by atoms with van der Waals surface area (Å²) in [6, 6.07) is 15.1. The number of aromatic nitrogens is 4. The second kappa shape index (κ2) is 10.2. The Balaban J connectivity index is 1.70. The van der Waals surface area contributed by atoms with Crippen molar-refractivity contribution < 1.29 is 0 Å². The number of hydrogen-bond acceptors (Lipinski definition) is 5. The summed E-state index contributed by atoms with van der Waals surface area (Å²) in [6.07, 6.45) is 4.05. The quantitative estimate of drug-likeness (QED) is 0.363. The number of nitrogens with one attached hydrogen (secondary N) is 1. The van der Waals surface area contributed by atoms with Crippen LogP contribution in [0.3, 0.4) is 0 Å². The molecule has 0 spiro atoms. The van der Waals surface area contributed by atoms with Crippen LogP contribution in [0.5, 0.6) is 0 Å². The molecule has 0 unspecified atom stereocenters. The van der Waals surface area contributed by atoms with Gasteiger partial charge in [-0.15, -0.1) is 0 Å². The van der Waals surface area contributed by atoms with Crippen LogP contribution >= 0.6 is 27.5 Å². The molecule has 0 amide bonds. The second-order valence-corrected chi connectivity index (χ2v) is 10.6. The summed E-state index contributed by atoms with van der Waals surface area (Å²) < 4.78 is 5.43. The van der Waals surface area contributed by atoms with Gasteiger partial charge in [0.15, 0.2) is 11.2 Å². The largest absolute Gasteiger partial charge is 0.351 e. The van der Waals surface area contributed by atoms with Gasteiger partial charge < -0.3 is 11.1 Å². The van der Waals surface area contributed by atoms with Crippen LogP contribution in [0.4, 0.5) is 5.95 Å². The lowest BCUT2D eigenvalue weighted by atomic mass is 9.91. The summed E-state index contributed by atoms with van der Waals surface area (Å²) in [5.41, 5.74) is 7.93. The Hall–Kier alpha value is -2.88. The predicted octanol–water partition coefficient (Wildman–Crippen LogP) is 4.09. The summed E-state index contributed by atoms with van der Waals surface area (Å²) in [5, 5.41) is 4.01. The number of nitrogens with zero attached hydrogens (tertiary/aromatic N) is 4. The van der Waals surface area contributed by atoms with Gasteiger partial charge in [-0.2, -0.15) is 4.98 Å². The van der Waals surface area contributed by atoms with E-state index in [1.807, 2.05) is 47.0 Å².